The van der Waals surface area contributed by atoms with Gasteiger partial charge in [-0.25, -0.2) is 0 Å². The van der Waals surface area contributed by atoms with E-state index in [0.29, 0.717) is 33.5 Å². The third-order valence-electron chi connectivity index (χ3n) is 6.78. The predicted octanol–water partition coefficient (Wildman–Crippen LogP) is 6.95. The van der Waals surface area contributed by atoms with Gasteiger partial charge in [-0.05, 0) is 73.2 Å². The summed E-state index contributed by atoms with van der Waals surface area (Å²) in [6.45, 7) is 1.78. The average molecular weight is 659 g/mol. The maximum atomic E-state index is 13.4. The molecule has 9 nitrogen and oxygen atoms in total. The number of hydrogen-bond donors (Lipinski definition) is 3. The second kappa shape index (κ2) is 15.9. The van der Waals surface area contributed by atoms with Gasteiger partial charge in [-0.15, -0.1) is 11.8 Å². The number of nitrogens with one attached hydrogen (secondary N) is 3. The Morgan fingerprint density at radius 3 is 2.11 bits per heavy atom. The highest BCUT2D eigenvalue weighted by Crippen LogP contribution is 2.36. The average Bonchev–Trinajstić information content (AvgIpc) is 3.06. The molecule has 0 aromatic heterocycles. The summed E-state index contributed by atoms with van der Waals surface area (Å²) >= 11 is 7.58. The Labute approximate surface area is 277 Å². The van der Waals surface area contributed by atoms with E-state index < -0.39 is 17.1 Å². The van der Waals surface area contributed by atoms with Crippen LogP contribution in [0.4, 0.5) is 17.1 Å². The Balaban J connectivity index is 1.44. The van der Waals surface area contributed by atoms with Crippen molar-refractivity contribution in [2.75, 3.05) is 43.8 Å². The van der Waals surface area contributed by atoms with E-state index in [-0.39, 0.29) is 11.6 Å². The maximum absolute atomic E-state index is 13.4. The third-order valence-corrected chi connectivity index (χ3v) is 8.18. The van der Waals surface area contributed by atoms with Gasteiger partial charge in [0.15, 0.2) is 0 Å². The van der Waals surface area contributed by atoms with Crippen LogP contribution < -0.4 is 30.3 Å². The minimum atomic E-state index is -0.485. The number of hydrogen-bond acceptors (Lipinski definition) is 7. The molecule has 0 aliphatic carbocycles. The molecule has 4 aromatic carbocycles. The van der Waals surface area contributed by atoms with Gasteiger partial charge < -0.3 is 30.3 Å². The van der Waals surface area contributed by atoms with Gasteiger partial charge in [-0.3, -0.25) is 14.4 Å². The largest absolute Gasteiger partial charge is 0.495 e. The highest BCUT2D eigenvalue weighted by atomic mass is 35.5. The Bertz CT molecular complexity index is 1710. The number of amides is 3. The first-order valence-corrected chi connectivity index (χ1v) is 15.5. The molecule has 0 fully saturated rings. The van der Waals surface area contributed by atoms with E-state index in [4.69, 9.17) is 21.1 Å². The van der Waals surface area contributed by atoms with Crippen LogP contribution in [0, 0.1) is 0 Å². The molecule has 4 aromatic rings. The number of carbonyl (C=O) groups excluding carboxylic acids is 3. The molecule has 1 unspecified atom stereocenters. The van der Waals surface area contributed by atoms with Gasteiger partial charge >= 0.3 is 0 Å². The van der Waals surface area contributed by atoms with Crippen LogP contribution in [0.5, 0.6) is 11.5 Å². The molecule has 0 saturated heterocycles. The number of benzene rings is 4. The predicted molar refractivity (Wildman–Crippen MR) is 186 cm³/mol. The van der Waals surface area contributed by atoms with Crippen molar-refractivity contribution in [1.82, 2.24) is 5.32 Å². The van der Waals surface area contributed by atoms with Crippen LogP contribution in [0.1, 0.15) is 22.8 Å². The summed E-state index contributed by atoms with van der Waals surface area (Å²) < 4.78 is 10.6. The Morgan fingerprint density at radius 2 is 1.50 bits per heavy atom. The number of ether oxygens (including phenoxy) is 2. The number of methoxy groups -OCH3 is 2. The smallest absolute Gasteiger partial charge is 0.272 e. The minimum absolute atomic E-state index is 0.0873. The fourth-order valence-corrected chi connectivity index (χ4v) is 5.35. The minimum Gasteiger partial charge on any atom is -0.495 e. The number of thioether (sulfide) groups is 1. The SMILES string of the molecule is COc1cc(OC)c(NC(=O)C(C)Sc2ccc(NC(=O)/C(=C/c3ccc(N(C)C)cc3)NC(=O)c3ccccc3)cc2)cc1Cl. The second-order valence-corrected chi connectivity index (χ2v) is 12.1. The summed E-state index contributed by atoms with van der Waals surface area (Å²) in [6.07, 6.45) is 1.63. The third kappa shape index (κ3) is 9.06. The molecule has 11 heteroatoms. The van der Waals surface area contributed by atoms with E-state index in [1.165, 1.54) is 26.0 Å². The second-order valence-electron chi connectivity index (χ2n) is 10.3. The molecule has 0 bridgehead atoms. The number of carbonyl (C=O) groups is 3. The Hall–Kier alpha value is -4.93. The zero-order valence-corrected chi connectivity index (χ0v) is 27.7. The van der Waals surface area contributed by atoms with Gasteiger partial charge in [0.25, 0.3) is 11.8 Å². The molecule has 0 spiro atoms. The van der Waals surface area contributed by atoms with E-state index in [9.17, 15) is 14.4 Å². The highest BCUT2D eigenvalue weighted by Gasteiger charge is 2.19. The van der Waals surface area contributed by atoms with Crippen molar-refractivity contribution in [3.05, 3.63) is 113 Å². The zero-order valence-electron chi connectivity index (χ0n) is 26.1. The maximum Gasteiger partial charge on any atom is 0.272 e. The molecule has 3 N–H and O–H groups in total. The van der Waals surface area contributed by atoms with E-state index >= 15 is 0 Å². The monoisotopic (exact) mass is 658 g/mol. The van der Waals surface area contributed by atoms with Crippen molar-refractivity contribution in [2.45, 2.75) is 17.1 Å². The van der Waals surface area contributed by atoms with E-state index in [1.807, 2.05) is 49.3 Å². The number of rotatable bonds is 12. The van der Waals surface area contributed by atoms with Gasteiger partial charge in [0.05, 0.1) is 30.2 Å². The first kappa shape index (κ1) is 34.0. The first-order chi connectivity index (χ1) is 22.1. The van der Waals surface area contributed by atoms with Crippen molar-refractivity contribution >= 4 is 64.2 Å². The van der Waals surface area contributed by atoms with Crippen LogP contribution in [0.15, 0.2) is 102 Å². The fourth-order valence-electron chi connectivity index (χ4n) is 4.24. The summed E-state index contributed by atoms with van der Waals surface area (Å²) in [7, 11) is 6.88. The summed E-state index contributed by atoms with van der Waals surface area (Å²) in [6, 6.07) is 26.6. The number of anilines is 3. The Kier molecular flexibility index (Phi) is 11.7. The number of halogens is 1. The lowest BCUT2D eigenvalue weighted by molar-refractivity contribution is -0.115. The van der Waals surface area contributed by atoms with Crippen LogP contribution in [0.3, 0.4) is 0 Å². The van der Waals surface area contributed by atoms with Gasteiger partial charge in [0.2, 0.25) is 5.91 Å². The van der Waals surface area contributed by atoms with Crippen LogP contribution >= 0.6 is 23.4 Å². The van der Waals surface area contributed by atoms with Gasteiger partial charge in [-0.1, -0.05) is 41.9 Å². The first-order valence-electron chi connectivity index (χ1n) is 14.2. The normalized spacial score (nSPS) is 11.7. The molecular formula is C35H35ClN4O5S. The van der Waals surface area contributed by atoms with E-state index in [2.05, 4.69) is 16.0 Å². The van der Waals surface area contributed by atoms with Gasteiger partial charge in [-0.2, -0.15) is 0 Å². The van der Waals surface area contributed by atoms with Crippen molar-refractivity contribution in [2.24, 2.45) is 0 Å². The summed E-state index contributed by atoms with van der Waals surface area (Å²) in [5.41, 5.74) is 3.22. The Morgan fingerprint density at radius 1 is 0.848 bits per heavy atom. The summed E-state index contributed by atoms with van der Waals surface area (Å²) in [5, 5.41) is 8.34. The standard InChI is InChI=1S/C35H35ClN4O5S/c1-22(33(41)38-29-20-28(36)31(44-4)21-32(29)45-5)46-27-17-13-25(14-18-27)37-35(43)30(39-34(42)24-9-7-6-8-10-24)19-23-11-15-26(16-12-23)40(2)3/h6-22H,1-5H3,(H,37,43)(H,38,41)(H,39,42)/b30-19-. The van der Waals surface area contributed by atoms with Crippen molar-refractivity contribution < 1.29 is 23.9 Å². The van der Waals surface area contributed by atoms with Crippen LogP contribution in [0.25, 0.3) is 6.08 Å². The molecule has 4 rings (SSSR count). The molecule has 0 radical (unpaired) electrons. The lowest BCUT2D eigenvalue weighted by Gasteiger charge is -2.16. The topological polar surface area (TPSA) is 109 Å². The number of nitrogens with zero attached hydrogens (tertiary/aromatic N) is 1. The molecule has 0 aliphatic rings. The molecule has 1 atom stereocenters. The zero-order chi connectivity index (χ0) is 33.2. The van der Waals surface area contributed by atoms with E-state index in [1.54, 1.807) is 73.7 Å². The summed E-state index contributed by atoms with van der Waals surface area (Å²) in [5.74, 6) is -0.275. The lowest BCUT2D eigenvalue weighted by atomic mass is 10.1. The van der Waals surface area contributed by atoms with Crippen LogP contribution in [-0.2, 0) is 9.59 Å². The lowest BCUT2D eigenvalue weighted by Crippen LogP contribution is -2.30. The molecule has 46 heavy (non-hydrogen) atoms. The van der Waals surface area contributed by atoms with Crippen LogP contribution in [0.2, 0.25) is 5.02 Å². The summed E-state index contributed by atoms with van der Waals surface area (Å²) in [4.78, 5) is 42.1. The molecule has 3 amide bonds. The molecule has 0 heterocycles. The molecule has 0 aliphatic heterocycles. The fraction of sp³-hybridized carbons (Fsp3) is 0.171. The molecule has 0 saturated carbocycles. The van der Waals surface area contributed by atoms with Gasteiger partial charge in [0.1, 0.15) is 17.2 Å². The quantitative estimate of drug-likeness (QED) is 0.112. The van der Waals surface area contributed by atoms with Gasteiger partial charge in [0, 0.05) is 42.0 Å². The molecular weight excluding hydrogens is 624 g/mol. The van der Waals surface area contributed by atoms with E-state index in [0.717, 1.165) is 16.1 Å². The van der Waals surface area contributed by atoms with Crippen molar-refractivity contribution in [3.8, 4) is 11.5 Å². The van der Waals surface area contributed by atoms with Crippen molar-refractivity contribution in [1.29, 1.82) is 0 Å². The van der Waals surface area contributed by atoms with Crippen LogP contribution in [-0.4, -0.2) is 51.3 Å². The highest BCUT2D eigenvalue weighted by molar-refractivity contribution is 8.00. The van der Waals surface area contributed by atoms with Crippen molar-refractivity contribution in [3.63, 3.8) is 0 Å². The molecule has 238 valence electrons.